The molecule has 1 aromatic carbocycles. The van der Waals surface area contributed by atoms with Crippen molar-refractivity contribution in [3.05, 3.63) is 29.8 Å². The number of nitrogens with one attached hydrogen (secondary N) is 2. The topological polar surface area (TPSA) is 84.5 Å². The van der Waals surface area contributed by atoms with Gasteiger partial charge in [-0.05, 0) is 31.9 Å². The normalized spacial score (nSPS) is 17.3. The summed E-state index contributed by atoms with van der Waals surface area (Å²) in [6.45, 7) is 2.47. The Morgan fingerprint density at radius 3 is 2.76 bits per heavy atom. The molecule has 0 bridgehead atoms. The highest BCUT2D eigenvalue weighted by Crippen LogP contribution is 2.12. The summed E-state index contributed by atoms with van der Waals surface area (Å²) in [7, 11) is 0. The molecule has 0 aromatic heterocycles. The Morgan fingerprint density at radius 2 is 2.10 bits per heavy atom. The molecular formula is C15H18N2O4. The molecule has 1 heterocycles. The zero-order valence-electron chi connectivity index (χ0n) is 11.8. The van der Waals surface area contributed by atoms with Crippen molar-refractivity contribution >= 4 is 23.3 Å². The number of hydrogen-bond acceptors (Lipinski definition) is 4. The summed E-state index contributed by atoms with van der Waals surface area (Å²) < 4.78 is 5.36. The van der Waals surface area contributed by atoms with Gasteiger partial charge in [0.15, 0.2) is 5.78 Å². The molecule has 6 nitrogen and oxygen atoms in total. The second-order valence-electron chi connectivity index (χ2n) is 4.94. The summed E-state index contributed by atoms with van der Waals surface area (Å²) in [4.78, 5) is 34.7. The molecule has 21 heavy (non-hydrogen) atoms. The Morgan fingerprint density at radius 1 is 1.29 bits per heavy atom. The van der Waals surface area contributed by atoms with Crippen molar-refractivity contribution in [2.24, 2.45) is 0 Å². The van der Waals surface area contributed by atoms with Crippen LogP contribution >= 0.6 is 0 Å². The molecule has 112 valence electrons. The van der Waals surface area contributed by atoms with E-state index in [0.717, 1.165) is 12.8 Å². The lowest BCUT2D eigenvalue weighted by Gasteiger charge is -2.11. The average molecular weight is 290 g/mol. The van der Waals surface area contributed by atoms with E-state index in [1.165, 1.54) is 13.0 Å². The van der Waals surface area contributed by atoms with Crippen LogP contribution in [-0.4, -0.2) is 36.9 Å². The zero-order chi connectivity index (χ0) is 15.2. The third-order valence-electron chi connectivity index (χ3n) is 3.25. The summed E-state index contributed by atoms with van der Waals surface area (Å²) in [5, 5.41) is 5.01. The standard InChI is InChI=1S/C15H18N2O4/c1-10(18)11-4-2-5-12(8-11)17-15(20)14(19)16-9-13-6-3-7-21-13/h2,4-5,8,13H,3,6-7,9H2,1H3,(H,16,19)(H,17,20)/t13-/m1/s1. The fourth-order valence-corrected chi connectivity index (χ4v) is 2.10. The molecule has 6 heteroatoms. The van der Waals surface area contributed by atoms with Crippen LogP contribution in [0, 0.1) is 0 Å². The van der Waals surface area contributed by atoms with Gasteiger partial charge in [-0.1, -0.05) is 12.1 Å². The Balaban J connectivity index is 1.86. The first-order valence-electron chi connectivity index (χ1n) is 6.88. The van der Waals surface area contributed by atoms with E-state index in [0.29, 0.717) is 24.4 Å². The van der Waals surface area contributed by atoms with Crippen LogP contribution in [0.1, 0.15) is 30.1 Å². The summed E-state index contributed by atoms with van der Waals surface area (Å²) in [5.41, 5.74) is 0.896. The van der Waals surface area contributed by atoms with Gasteiger partial charge in [-0.3, -0.25) is 14.4 Å². The van der Waals surface area contributed by atoms with E-state index in [9.17, 15) is 14.4 Å². The quantitative estimate of drug-likeness (QED) is 0.643. The van der Waals surface area contributed by atoms with Crippen molar-refractivity contribution in [3.8, 4) is 0 Å². The second-order valence-corrected chi connectivity index (χ2v) is 4.94. The molecule has 2 amide bonds. The molecule has 1 aliphatic heterocycles. The van der Waals surface area contributed by atoms with Gasteiger partial charge in [-0.2, -0.15) is 0 Å². The van der Waals surface area contributed by atoms with Gasteiger partial charge in [0.2, 0.25) is 0 Å². The Labute approximate surface area is 122 Å². The number of benzene rings is 1. The van der Waals surface area contributed by atoms with E-state index in [2.05, 4.69) is 10.6 Å². The zero-order valence-corrected chi connectivity index (χ0v) is 11.8. The van der Waals surface area contributed by atoms with Gasteiger partial charge in [0.1, 0.15) is 0 Å². The molecule has 0 aliphatic carbocycles. The van der Waals surface area contributed by atoms with Crippen molar-refractivity contribution in [3.63, 3.8) is 0 Å². The van der Waals surface area contributed by atoms with Crippen molar-refractivity contribution in [2.75, 3.05) is 18.5 Å². The third kappa shape index (κ3) is 4.39. The predicted molar refractivity (Wildman–Crippen MR) is 77.1 cm³/mol. The number of hydrogen-bond donors (Lipinski definition) is 2. The maximum atomic E-state index is 11.7. The van der Waals surface area contributed by atoms with Crippen LogP contribution in [0.3, 0.4) is 0 Å². The van der Waals surface area contributed by atoms with Crippen LogP contribution in [0.25, 0.3) is 0 Å². The molecule has 1 aromatic rings. The van der Waals surface area contributed by atoms with Gasteiger partial charge in [-0.15, -0.1) is 0 Å². The summed E-state index contributed by atoms with van der Waals surface area (Å²) in [6, 6.07) is 6.46. The summed E-state index contributed by atoms with van der Waals surface area (Å²) >= 11 is 0. The number of amides is 2. The molecule has 1 atom stereocenters. The van der Waals surface area contributed by atoms with Crippen LogP contribution in [0.4, 0.5) is 5.69 Å². The number of carbonyl (C=O) groups is 3. The highest BCUT2D eigenvalue weighted by atomic mass is 16.5. The Hall–Kier alpha value is -2.21. The molecular weight excluding hydrogens is 272 g/mol. The summed E-state index contributed by atoms with van der Waals surface area (Å²) in [6.07, 6.45) is 1.86. The molecule has 1 fully saturated rings. The van der Waals surface area contributed by atoms with E-state index in [1.807, 2.05) is 0 Å². The molecule has 2 N–H and O–H groups in total. The number of anilines is 1. The van der Waals surface area contributed by atoms with E-state index in [-0.39, 0.29) is 11.9 Å². The lowest BCUT2D eigenvalue weighted by Crippen LogP contribution is -2.39. The van der Waals surface area contributed by atoms with E-state index < -0.39 is 11.8 Å². The van der Waals surface area contributed by atoms with Crippen LogP contribution in [0.5, 0.6) is 0 Å². The number of rotatable bonds is 4. The smallest absolute Gasteiger partial charge is 0.313 e. The van der Waals surface area contributed by atoms with Gasteiger partial charge in [-0.25, -0.2) is 0 Å². The maximum Gasteiger partial charge on any atom is 0.313 e. The first-order valence-corrected chi connectivity index (χ1v) is 6.88. The Bertz CT molecular complexity index is 550. The predicted octanol–water partition coefficient (Wildman–Crippen LogP) is 1.12. The number of carbonyl (C=O) groups excluding carboxylic acids is 3. The largest absolute Gasteiger partial charge is 0.376 e. The molecule has 2 rings (SSSR count). The van der Waals surface area contributed by atoms with E-state index in [4.69, 9.17) is 4.74 Å². The van der Waals surface area contributed by atoms with Crippen LogP contribution in [0.15, 0.2) is 24.3 Å². The Kier molecular flexibility index (Phi) is 5.05. The first kappa shape index (κ1) is 15.2. The highest BCUT2D eigenvalue weighted by Gasteiger charge is 2.19. The van der Waals surface area contributed by atoms with Crippen molar-refractivity contribution in [1.29, 1.82) is 0 Å². The van der Waals surface area contributed by atoms with Gasteiger partial charge in [0.05, 0.1) is 6.10 Å². The molecule has 0 unspecified atom stereocenters. The summed E-state index contributed by atoms with van der Waals surface area (Å²) in [5.74, 6) is -1.57. The monoisotopic (exact) mass is 290 g/mol. The highest BCUT2D eigenvalue weighted by molar-refractivity contribution is 6.39. The van der Waals surface area contributed by atoms with Gasteiger partial charge < -0.3 is 15.4 Å². The van der Waals surface area contributed by atoms with Crippen molar-refractivity contribution in [1.82, 2.24) is 5.32 Å². The van der Waals surface area contributed by atoms with Crippen LogP contribution < -0.4 is 10.6 Å². The number of Topliss-reactive ketones (excluding diaryl/α,β-unsaturated/α-hetero) is 1. The van der Waals surface area contributed by atoms with Crippen molar-refractivity contribution < 1.29 is 19.1 Å². The van der Waals surface area contributed by atoms with Gasteiger partial charge in [0.25, 0.3) is 0 Å². The minimum atomic E-state index is -0.756. The molecule has 1 saturated heterocycles. The molecule has 0 radical (unpaired) electrons. The fourth-order valence-electron chi connectivity index (χ4n) is 2.10. The molecule has 0 saturated carbocycles. The van der Waals surface area contributed by atoms with Crippen molar-refractivity contribution in [2.45, 2.75) is 25.9 Å². The van der Waals surface area contributed by atoms with Crippen LogP contribution in [0.2, 0.25) is 0 Å². The minimum absolute atomic E-state index is 0.0113. The van der Waals surface area contributed by atoms with Gasteiger partial charge >= 0.3 is 11.8 Å². The number of ether oxygens (including phenoxy) is 1. The average Bonchev–Trinajstić information content (AvgIpc) is 2.98. The lowest BCUT2D eigenvalue weighted by molar-refractivity contribution is -0.136. The first-order chi connectivity index (χ1) is 10.1. The fraction of sp³-hybridized carbons (Fsp3) is 0.400. The van der Waals surface area contributed by atoms with E-state index >= 15 is 0 Å². The second kappa shape index (κ2) is 6.99. The van der Waals surface area contributed by atoms with Crippen LogP contribution in [-0.2, 0) is 14.3 Å². The lowest BCUT2D eigenvalue weighted by atomic mass is 10.1. The number of ketones is 1. The van der Waals surface area contributed by atoms with E-state index in [1.54, 1.807) is 18.2 Å². The van der Waals surface area contributed by atoms with Gasteiger partial charge in [0, 0.05) is 24.4 Å². The minimum Gasteiger partial charge on any atom is -0.376 e. The molecule has 0 spiro atoms. The molecule has 1 aliphatic rings. The third-order valence-corrected chi connectivity index (χ3v) is 3.25. The maximum absolute atomic E-state index is 11.7. The SMILES string of the molecule is CC(=O)c1cccc(NC(=O)C(=O)NC[C@H]2CCCO2)c1.